The topological polar surface area (TPSA) is 79.8 Å². The number of hydrogen-bond donors (Lipinski definition) is 2. The molecule has 1 aromatic carbocycles. The molecule has 0 saturated heterocycles. The Hall–Kier alpha value is -2.63. The maximum absolute atomic E-state index is 12.9. The van der Waals surface area contributed by atoms with Crippen molar-refractivity contribution in [3.63, 3.8) is 0 Å². The van der Waals surface area contributed by atoms with Crippen LogP contribution >= 0.6 is 0 Å². The average molecular weight is 312 g/mol. The minimum absolute atomic E-state index is 0.0366. The van der Waals surface area contributed by atoms with Crippen LogP contribution in [-0.2, 0) is 11.3 Å². The molecule has 2 N–H and O–H groups in total. The summed E-state index contributed by atoms with van der Waals surface area (Å²) < 4.78 is 1.78. The number of H-pyrrole nitrogens is 1. The minimum Gasteiger partial charge on any atom is -0.356 e. The third-order valence-corrected chi connectivity index (χ3v) is 4.04. The zero-order valence-corrected chi connectivity index (χ0v) is 13.6. The molecular weight excluding hydrogens is 292 g/mol. The Kier molecular flexibility index (Phi) is 3.90. The van der Waals surface area contributed by atoms with E-state index in [2.05, 4.69) is 21.6 Å². The van der Waals surface area contributed by atoms with Gasteiger partial charge in [0.25, 0.3) is 5.56 Å². The largest absolute Gasteiger partial charge is 0.356 e. The fourth-order valence-electron chi connectivity index (χ4n) is 2.93. The zero-order chi connectivity index (χ0) is 16.6. The number of hydrogen-bond acceptors (Lipinski definition) is 3. The van der Waals surface area contributed by atoms with Crippen molar-refractivity contribution in [1.82, 2.24) is 20.1 Å². The van der Waals surface area contributed by atoms with Gasteiger partial charge in [0.1, 0.15) is 5.52 Å². The van der Waals surface area contributed by atoms with Crippen LogP contribution in [0.25, 0.3) is 21.8 Å². The van der Waals surface area contributed by atoms with Crippen LogP contribution in [0.4, 0.5) is 0 Å². The summed E-state index contributed by atoms with van der Waals surface area (Å²) in [5.41, 5.74) is 3.48. The van der Waals surface area contributed by atoms with Crippen molar-refractivity contribution in [2.45, 2.75) is 33.7 Å². The first-order valence-electron chi connectivity index (χ1n) is 7.71. The third-order valence-electron chi connectivity index (χ3n) is 4.04. The summed E-state index contributed by atoms with van der Waals surface area (Å²) in [6.07, 6.45) is 0.699. The number of pyridine rings is 1. The van der Waals surface area contributed by atoms with E-state index >= 15 is 0 Å². The molecule has 120 valence electrons. The van der Waals surface area contributed by atoms with E-state index in [1.165, 1.54) is 6.92 Å². The summed E-state index contributed by atoms with van der Waals surface area (Å²) in [6, 6.07) is 6.02. The highest BCUT2D eigenvalue weighted by Crippen LogP contribution is 2.23. The van der Waals surface area contributed by atoms with Gasteiger partial charge in [-0.3, -0.25) is 14.7 Å². The number of carbonyl (C=O) groups excluding carboxylic acids is 1. The van der Waals surface area contributed by atoms with Gasteiger partial charge in [0.2, 0.25) is 5.91 Å². The quantitative estimate of drug-likeness (QED) is 0.723. The van der Waals surface area contributed by atoms with E-state index in [0.717, 1.165) is 27.7 Å². The van der Waals surface area contributed by atoms with Crippen molar-refractivity contribution in [2.75, 3.05) is 6.54 Å². The number of fused-ring (bicyclic) bond motifs is 3. The normalized spacial score (nSPS) is 11.3. The van der Waals surface area contributed by atoms with Crippen LogP contribution in [0.1, 0.15) is 24.6 Å². The predicted octanol–water partition coefficient (Wildman–Crippen LogP) is 2.02. The number of amides is 1. The highest BCUT2D eigenvalue weighted by molar-refractivity contribution is 6.04. The van der Waals surface area contributed by atoms with E-state index in [9.17, 15) is 9.59 Å². The van der Waals surface area contributed by atoms with Crippen LogP contribution < -0.4 is 10.9 Å². The molecule has 6 nitrogen and oxygen atoms in total. The summed E-state index contributed by atoms with van der Waals surface area (Å²) in [5, 5.41) is 11.6. The molecule has 2 aromatic heterocycles. The number of aromatic amines is 1. The van der Waals surface area contributed by atoms with Gasteiger partial charge < -0.3 is 9.88 Å². The first-order valence-corrected chi connectivity index (χ1v) is 7.71. The van der Waals surface area contributed by atoms with Gasteiger partial charge in [-0.2, -0.15) is 5.10 Å². The molecule has 0 fully saturated rings. The molecule has 1 amide bonds. The Balaban J connectivity index is 2.14. The van der Waals surface area contributed by atoms with Crippen LogP contribution in [-0.4, -0.2) is 27.2 Å². The number of carbonyl (C=O) groups is 1. The van der Waals surface area contributed by atoms with Crippen molar-refractivity contribution in [3.05, 3.63) is 39.8 Å². The zero-order valence-electron chi connectivity index (χ0n) is 13.6. The summed E-state index contributed by atoms with van der Waals surface area (Å²) in [7, 11) is 0. The van der Waals surface area contributed by atoms with E-state index < -0.39 is 0 Å². The van der Waals surface area contributed by atoms with Gasteiger partial charge in [0.15, 0.2) is 0 Å². The number of aryl methyl sites for hydroxylation is 3. The summed E-state index contributed by atoms with van der Waals surface area (Å²) in [4.78, 5) is 23.8. The highest BCUT2D eigenvalue weighted by atomic mass is 16.1. The van der Waals surface area contributed by atoms with Crippen LogP contribution in [0.3, 0.4) is 0 Å². The fraction of sp³-hybridized carbons (Fsp3) is 0.353. The molecule has 0 aliphatic rings. The molecule has 0 spiro atoms. The van der Waals surface area contributed by atoms with E-state index in [-0.39, 0.29) is 11.5 Å². The molecule has 6 heteroatoms. The molecule has 0 atom stereocenters. The lowest BCUT2D eigenvalue weighted by molar-refractivity contribution is -0.118. The molecule has 23 heavy (non-hydrogen) atoms. The highest BCUT2D eigenvalue weighted by Gasteiger charge is 2.15. The molecule has 0 aliphatic heterocycles. The van der Waals surface area contributed by atoms with Gasteiger partial charge in [-0.1, -0.05) is 11.6 Å². The fourth-order valence-corrected chi connectivity index (χ4v) is 2.93. The molecule has 0 unspecified atom stereocenters. The van der Waals surface area contributed by atoms with Crippen molar-refractivity contribution in [3.8, 4) is 0 Å². The molecule has 3 rings (SSSR count). The number of aromatic nitrogens is 3. The number of nitrogens with one attached hydrogen (secondary N) is 2. The van der Waals surface area contributed by atoms with E-state index in [1.54, 1.807) is 4.57 Å². The molecule has 0 aliphatic carbocycles. The molecule has 2 heterocycles. The summed E-state index contributed by atoms with van der Waals surface area (Å²) in [5.74, 6) is -0.0565. The lowest BCUT2D eigenvalue weighted by Gasteiger charge is -2.12. The first kappa shape index (κ1) is 15.3. The van der Waals surface area contributed by atoms with Gasteiger partial charge in [-0.25, -0.2) is 0 Å². The second-order valence-electron chi connectivity index (χ2n) is 5.89. The molecule has 3 aromatic rings. The maximum atomic E-state index is 12.9. The SMILES string of the molecule is CC(=O)NCCCn1c(=O)c2c(C)[nH]nc2c2cc(C)ccc21. The van der Waals surface area contributed by atoms with Crippen LogP contribution in [0, 0.1) is 13.8 Å². The number of benzene rings is 1. The lowest BCUT2D eigenvalue weighted by atomic mass is 10.1. The first-order chi connectivity index (χ1) is 11.0. The second kappa shape index (κ2) is 5.87. The Morgan fingerprint density at radius 2 is 2.13 bits per heavy atom. The van der Waals surface area contributed by atoms with E-state index in [1.807, 2.05) is 26.0 Å². The second-order valence-corrected chi connectivity index (χ2v) is 5.89. The van der Waals surface area contributed by atoms with Gasteiger partial charge in [-0.15, -0.1) is 0 Å². The third kappa shape index (κ3) is 2.72. The van der Waals surface area contributed by atoms with Gasteiger partial charge in [0, 0.05) is 31.1 Å². The Morgan fingerprint density at radius 1 is 1.35 bits per heavy atom. The van der Waals surface area contributed by atoms with Crippen molar-refractivity contribution >= 4 is 27.7 Å². The van der Waals surface area contributed by atoms with Crippen molar-refractivity contribution in [2.24, 2.45) is 0 Å². The van der Waals surface area contributed by atoms with Gasteiger partial charge >= 0.3 is 0 Å². The van der Waals surface area contributed by atoms with E-state index in [4.69, 9.17) is 0 Å². The molecule has 0 bridgehead atoms. The summed E-state index contributed by atoms with van der Waals surface area (Å²) >= 11 is 0. The Bertz CT molecular complexity index is 953. The lowest BCUT2D eigenvalue weighted by Crippen LogP contribution is -2.25. The standard InChI is InChI=1S/C17H20N4O2/c1-10-5-6-14-13(9-10)16-15(11(2)19-20-16)17(23)21(14)8-4-7-18-12(3)22/h5-6,9H,4,7-8H2,1-3H3,(H,18,22)(H,19,20). The van der Waals surface area contributed by atoms with Crippen molar-refractivity contribution < 1.29 is 4.79 Å². The van der Waals surface area contributed by atoms with Gasteiger partial charge in [-0.05, 0) is 32.4 Å². The van der Waals surface area contributed by atoms with E-state index in [0.29, 0.717) is 24.9 Å². The molecule has 0 saturated carbocycles. The smallest absolute Gasteiger partial charge is 0.262 e. The van der Waals surface area contributed by atoms with Crippen LogP contribution in [0.5, 0.6) is 0 Å². The van der Waals surface area contributed by atoms with Crippen LogP contribution in [0.15, 0.2) is 23.0 Å². The molecular formula is C17H20N4O2. The maximum Gasteiger partial charge on any atom is 0.262 e. The summed E-state index contributed by atoms with van der Waals surface area (Å²) in [6.45, 7) is 6.49. The minimum atomic E-state index is -0.0565. The number of rotatable bonds is 4. The van der Waals surface area contributed by atoms with Crippen molar-refractivity contribution in [1.29, 1.82) is 0 Å². The monoisotopic (exact) mass is 312 g/mol. The Morgan fingerprint density at radius 3 is 2.87 bits per heavy atom. The van der Waals surface area contributed by atoms with Gasteiger partial charge in [0.05, 0.1) is 10.9 Å². The molecule has 0 radical (unpaired) electrons. The Labute approximate surface area is 133 Å². The average Bonchev–Trinajstić information content (AvgIpc) is 2.89. The predicted molar refractivity (Wildman–Crippen MR) is 90.6 cm³/mol. The number of nitrogens with zero attached hydrogens (tertiary/aromatic N) is 2. The van der Waals surface area contributed by atoms with Crippen LogP contribution in [0.2, 0.25) is 0 Å².